The maximum atomic E-state index is 13.9. The highest BCUT2D eigenvalue weighted by molar-refractivity contribution is 7.87. The number of carbonyl (C=O) groups is 2. The Morgan fingerprint density at radius 2 is 2.05 bits per heavy atom. The zero-order valence-electron chi connectivity index (χ0n) is 20.2. The molecule has 0 radical (unpaired) electrons. The molecule has 0 unspecified atom stereocenters. The molecule has 0 saturated heterocycles. The second kappa shape index (κ2) is 10.8. The van der Waals surface area contributed by atoms with Gasteiger partial charge in [0.25, 0.3) is 16.1 Å². The first-order valence-corrected chi connectivity index (χ1v) is 14.1. The number of furan rings is 1. The SMILES string of the molecule is COc1ccc(C2(C(=O)N(CCCc3ccc(Cl)o3)Cc3nc(C(=O)NS(N)(=O)=O)c(C)s3)CC2)nc1. The number of nitrogens with zero attached hydrogens (tertiary/aromatic N) is 3. The molecule has 3 N–H and O–H groups in total. The Labute approximate surface area is 223 Å². The Balaban J connectivity index is 1.55. The van der Waals surface area contributed by atoms with Crippen molar-refractivity contribution in [2.75, 3.05) is 13.7 Å². The summed E-state index contributed by atoms with van der Waals surface area (Å²) >= 11 is 7.08. The minimum Gasteiger partial charge on any atom is -0.495 e. The lowest BCUT2D eigenvalue weighted by atomic mass is 9.99. The maximum Gasteiger partial charge on any atom is 0.299 e. The summed E-state index contributed by atoms with van der Waals surface area (Å²) in [5, 5.41) is 5.71. The van der Waals surface area contributed by atoms with Gasteiger partial charge in [0.05, 0.1) is 31.0 Å². The van der Waals surface area contributed by atoms with Crippen LogP contribution in [0.15, 0.2) is 34.9 Å². The summed E-state index contributed by atoms with van der Waals surface area (Å²) in [5.74, 6) is 0.300. The van der Waals surface area contributed by atoms with Gasteiger partial charge in [0.2, 0.25) is 5.91 Å². The Hall–Kier alpha value is -3.00. The number of amides is 2. The number of nitrogens with two attached hydrogens (primary N) is 1. The highest BCUT2D eigenvalue weighted by atomic mass is 35.5. The van der Waals surface area contributed by atoms with Gasteiger partial charge in [0.1, 0.15) is 22.2 Å². The van der Waals surface area contributed by atoms with Crippen molar-refractivity contribution in [3.8, 4) is 5.75 Å². The van der Waals surface area contributed by atoms with Crippen molar-refractivity contribution in [1.29, 1.82) is 0 Å². The summed E-state index contributed by atoms with van der Waals surface area (Å²) in [5.41, 5.74) is -0.116. The van der Waals surface area contributed by atoms with E-state index in [4.69, 9.17) is 25.9 Å². The molecule has 14 heteroatoms. The van der Waals surface area contributed by atoms with Crippen LogP contribution in [0.4, 0.5) is 0 Å². The predicted molar refractivity (Wildman–Crippen MR) is 137 cm³/mol. The summed E-state index contributed by atoms with van der Waals surface area (Å²) in [4.78, 5) is 37.1. The van der Waals surface area contributed by atoms with E-state index in [1.165, 1.54) is 11.3 Å². The lowest BCUT2D eigenvalue weighted by Crippen LogP contribution is -2.40. The van der Waals surface area contributed by atoms with Gasteiger partial charge in [-0.2, -0.15) is 8.42 Å². The number of aromatic nitrogens is 2. The van der Waals surface area contributed by atoms with Gasteiger partial charge in [-0.05, 0) is 62.1 Å². The Bertz CT molecular complexity index is 1400. The molecule has 0 aliphatic heterocycles. The van der Waals surface area contributed by atoms with Crippen molar-refractivity contribution in [2.45, 2.75) is 44.6 Å². The fourth-order valence-electron chi connectivity index (χ4n) is 4.04. The minimum atomic E-state index is -4.23. The number of rotatable bonds is 11. The molecule has 0 spiro atoms. The molecule has 0 bridgehead atoms. The van der Waals surface area contributed by atoms with Gasteiger partial charge in [0, 0.05) is 17.8 Å². The van der Waals surface area contributed by atoms with E-state index in [-0.39, 0.29) is 18.1 Å². The second-order valence-corrected chi connectivity index (χ2v) is 11.6. The molecule has 11 nitrogen and oxygen atoms in total. The molecule has 1 aliphatic rings. The molecule has 1 fully saturated rings. The third-order valence-corrected chi connectivity index (χ3v) is 7.63. The number of thiazole rings is 1. The molecular formula is C23H26ClN5O6S2. The lowest BCUT2D eigenvalue weighted by Gasteiger charge is -2.26. The number of ether oxygens (including phenoxy) is 1. The van der Waals surface area contributed by atoms with E-state index in [0.717, 1.165) is 0 Å². The van der Waals surface area contributed by atoms with Gasteiger partial charge >= 0.3 is 0 Å². The molecule has 0 aromatic carbocycles. The van der Waals surface area contributed by atoms with Crippen LogP contribution in [0.5, 0.6) is 5.75 Å². The van der Waals surface area contributed by atoms with Crippen LogP contribution >= 0.6 is 22.9 Å². The number of methoxy groups -OCH3 is 1. The fourth-order valence-corrected chi connectivity index (χ4v) is 5.51. The Morgan fingerprint density at radius 1 is 1.30 bits per heavy atom. The van der Waals surface area contributed by atoms with E-state index >= 15 is 0 Å². The van der Waals surface area contributed by atoms with Crippen LogP contribution in [0.1, 0.15) is 51.1 Å². The van der Waals surface area contributed by atoms with Crippen molar-refractivity contribution in [2.24, 2.45) is 5.14 Å². The normalized spacial score (nSPS) is 14.3. The van der Waals surface area contributed by atoms with Crippen molar-refractivity contribution in [3.63, 3.8) is 0 Å². The maximum absolute atomic E-state index is 13.9. The summed E-state index contributed by atoms with van der Waals surface area (Å²) in [7, 11) is -2.68. The van der Waals surface area contributed by atoms with Crippen LogP contribution < -0.4 is 14.6 Å². The lowest BCUT2D eigenvalue weighted by molar-refractivity contribution is -0.134. The molecule has 1 saturated carbocycles. The number of hydrogen-bond donors (Lipinski definition) is 2. The van der Waals surface area contributed by atoms with Crippen LogP contribution in [0.2, 0.25) is 5.22 Å². The number of pyridine rings is 1. The molecular weight excluding hydrogens is 542 g/mol. The van der Waals surface area contributed by atoms with Gasteiger partial charge in [-0.3, -0.25) is 14.6 Å². The first-order chi connectivity index (χ1) is 17.5. The van der Waals surface area contributed by atoms with Gasteiger partial charge in [0.15, 0.2) is 5.22 Å². The number of nitrogens with one attached hydrogen (secondary N) is 1. The quantitative estimate of drug-likeness (QED) is 0.358. The molecule has 3 heterocycles. The highest BCUT2D eigenvalue weighted by Crippen LogP contribution is 2.49. The second-order valence-electron chi connectivity index (χ2n) is 8.69. The minimum absolute atomic E-state index is 0.0513. The number of halogens is 1. The third-order valence-electron chi connectivity index (χ3n) is 6.01. The van der Waals surface area contributed by atoms with E-state index in [1.807, 2.05) is 0 Å². The van der Waals surface area contributed by atoms with Gasteiger partial charge in [-0.15, -0.1) is 11.3 Å². The van der Waals surface area contributed by atoms with Gasteiger partial charge in [-0.1, -0.05) is 0 Å². The van der Waals surface area contributed by atoms with Crippen molar-refractivity contribution in [1.82, 2.24) is 19.6 Å². The molecule has 198 valence electrons. The smallest absolute Gasteiger partial charge is 0.299 e. The van der Waals surface area contributed by atoms with Crippen LogP contribution in [0, 0.1) is 6.92 Å². The average molecular weight is 568 g/mol. The van der Waals surface area contributed by atoms with Crippen LogP contribution in [-0.4, -0.2) is 48.8 Å². The monoisotopic (exact) mass is 567 g/mol. The van der Waals surface area contributed by atoms with Gasteiger partial charge in [-0.25, -0.2) is 14.8 Å². The first kappa shape index (κ1) is 27.0. The standard InChI is InChI=1S/C23H26ClN5O6S2/c1-14-20(21(30)28-37(25,32)33)27-19(36-14)13-29(11-3-4-15-6-8-18(24)35-15)22(31)23(9-10-23)17-7-5-16(34-2)12-26-17/h5-8,12H,3-4,9-11,13H2,1-2H3,(H,28,30)(H2,25,32,33). The van der Waals surface area contributed by atoms with E-state index < -0.39 is 21.5 Å². The van der Waals surface area contributed by atoms with E-state index in [2.05, 4.69) is 9.97 Å². The van der Waals surface area contributed by atoms with Crippen LogP contribution in [0.25, 0.3) is 0 Å². The van der Waals surface area contributed by atoms with Crippen molar-refractivity contribution < 1.29 is 27.2 Å². The van der Waals surface area contributed by atoms with Crippen molar-refractivity contribution >= 4 is 45.0 Å². The van der Waals surface area contributed by atoms with E-state index in [0.29, 0.717) is 64.5 Å². The van der Waals surface area contributed by atoms with Crippen molar-refractivity contribution in [3.05, 3.63) is 62.7 Å². The average Bonchev–Trinajstić information content (AvgIpc) is 3.42. The largest absolute Gasteiger partial charge is 0.495 e. The van der Waals surface area contributed by atoms with Crippen LogP contribution in [-0.2, 0) is 33.4 Å². The first-order valence-electron chi connectivity index (χ1n) is 11.4. The molecule has 1 aliphatic carbocycles. The summed E-state index contributed by atoms with van der Waals surface area (Å²) in [6, 6.07) is 7.04. The fraction of sp³-hybridized carbons (Fsp3) is 0.391. The van der Waals surface area contributed by atoms with E-state index in [1.54, 1.807) is 54.1 Å². The predicted octanol–water partition coefficient (Wildman–Crippen LogP) is 2.73. The molecule has 3 aromatic heterocycles. The molecule has 0 atom stereocenters. The topological polar surface area (TPSA) is 158 Å². The molecule has 37 heavy (non-hydrogen) atoms. The van der Waals surface area contributed by atoms with E-state index in [9.17, 15) is 18.0 Å². The summed E-state index contributed by atoms with van der Waals surface area (Å²) < 4.78 is 34.9. The third kappa shape index (κ3) is 6.47. The Morgan fingerprint density at radius 3 is 2.62 bits per heavy atom. The number of hydrogen-bond acceptors (Lipinski definition) is 9. The van der Waals surface area contributed by atoms with Crippen LogP contribution in [0.3, 0.4) is 0 Å². The Kier molecular flexibility index (Phi) is 7.88. The molecule has 3 aromatic rings. The summed E-state index contributed by atoms with van der Waals surface area (Å²) in [6.07, 6.45) is 4.09. The zero-order chi connectivity index (χ0) is 26.8. The highest BCUT2D eigenvalue weighted by Gasteiger charge is 2.54. The molecule has 2 amide bonds. The molecule has 4 rings (SSSR count). The number of carbonyl (C=O) groups excluding carboxylic acids is 2. The zero-order valence-corrected chi connectivity index (χ0v) is 22.6. The number of aryl methyl sites for hydroxylation is 2. The summed E-state index contributed by atoms with van der Waals surface area (Å²) in [6.45, 7) is 2.19. The van der Waals surface area contributed by atoms with Gasteiger partial charge < -0.3 is 14.1 Å².